The van der Waals surface area contributed by atoms with Gasteiger partial charge in [0, 0.05) is 37.4 Å². The molecular formula is C23H27ClN2O2. The first-order chi connectivity index (χ1) is 13.6. The van der Waals surface area contributed by atoms with E-state index in [-0.39, 0.29) is 5.91 Å². The number of likely N-dealkylation sites (N-methyl/N-ethyl adjacent to an activating group) is 1. The van der Waals surface area contributed by atoms with Crippen molar-refractivity contribution in [1.29, 1.82) is 0 Å². The van der Waals surface area contributed by atoms with Crippen LogP contribution in [0.5, 0.6) is 0 Å². The maximum absolute atomic E-state index is 13.3. The fraction of sp³-hybridized carbons (Fsp3) is 0.435. The lowest BCUT2D eigenvalue weighted by Crippen LogP contribution is -2.49. The van der Waals surface area contributed by atoms with Crippen LogP contribution in [0.2, 0.25) is 5.02 Å². The molecule has 1 saturated carbocycles. The van der Waals surface area contributed by atoms with Gasteiger partial charge in [-0.1, -0.05) is 42.3 Å². The van der Waals surface area contributed by atoms with Crippen molar-refractivity contribution in [1.82, 2.24) is 4.90 Å². The Balaban J connectivity index is 1.45. The Morgan fingerprint density at radius 2 is 1.86 bits per heavy atom. The largest absolute Gasteiger partial charge is 0.378 e. The van der Waals surface area contributed by atoms with Gasteiger partial charge < -0.3 is 14.5 Å². The predicted octanol–water partition coefficient (Wildman–Crippen LogP) is 4.26. The number of nitrogens with zero attached hydrogens (tertiary/aromatic N) is 2. The highest BCUT2D eigenvalue weighted by molar-refractivity contribution is 6.30. The molecule has 1 aliphatic heterocycles. The number of ether oxygens (including phenoxy) is 1. The number of rotatable bonds is 5. The minimum atomic E-state index is -0.409. The lowest BCUT2D eigenvalue weighted by Gasteiger charge is -2.43. The first-order valence-electron chi connectivity index (χ1n) is 10.0. The molecule has 0 radical (unpaired) electrons. The van der Waals surface area contributed by atoms with Crippen molar-refractivity contribution in [3.63, 3.8) is 0 Å². The molecule has 148 valence electrons. The third-order valence-electron chi connectivity index (χ3n) is 6.07. The number of carbonyl (C=O) groups is 1. The van der Waals surface area contributed by atoms with E-state index in [1.165, 1.54) is 5.69 Å². The fourth-order valence-corrected chi connectivity index (χ4v) is 4.48. The molecule has 1 amide bonds. The Morgan fingerprint density at radius 3 is 2.46 bits per heavy atom. The van der Waals surface area contributed by atoms with Crippen molar-refractivity contribution in [2.24, 2.45) is 0 Å². The molecule has 0 bridgehead atoms. The molecule has 5 heteroatoms. The van der Waals surface area contributed by atoms with E-state index in [4.69, 9.17) is 16.3 Å². The summed E-state index contributed by atoms with van der Waals surface area (Å²) in [7, 11) is 1.91. The summed E-state index contributed by atoms with van der Waals surface area (Å²) in [5.74, 6) is 0.193. The summed E-state index contributed by atoms with van der Waals surface area (Å²) in [6, 6.07) is 16.3. The summed E-state index contributed by atoms with van der Waals surface area (Å²) >= 11 is 6.19. The zero-order chi connectivity index (χ0) is 19.6. The topological polar surface area (TPSA) is 32.8 Å². The molecule has 0 unspecified atom stereocenters. The highest BCUT2D eigenvalue weighted by atomic mass is 35.5. The van der Waals surface area contributed by atoms with Gasteiger partial charge in [0.15, 0.2) is 0 Å². The minimum Gasteiger partial charge on any atom is -0.378 e. The zero-order valence-corrected chi connectivity index (χ0v) is 17.1. The van der Waals surface area contributed by atoms with E-state index < -0.39 is 5.41 Å². The fourth-order valence-electron chi connectivity index (χ4n) is 4.29. The van der Waals surface area contributed by atoms with Crippen LogP contribution in [0.1, 0.15) is 30.4 Å². The van der Waals surface area contributed by atoms with Gasteiger partial charge in [0.1, 0.15) is 0 Å². The summed E-state index contributed by atoms with van der Waals surface area (Å²) in [4.78, 5) is 17.5. The van der Waals surface area contributed by atoms with E-state index in [0.717, 1.165) is 56.7 Å². The van der Waals surface area contributed by atoms with E-state index in [9.17, 15) is 4.79 Å². The number of amides is 1. The normalized spacial score (nSPS) is 18.4. The lowest BCUT2D eigenvalue weighted by molar-refractivity contribution is -0.140. The van der Waals surface area contributed by atoms with E-state index in [0.29, 0.717) is 11.6 Å². The zero-order valence-electron chi connectivity index (χ0n) is 16.4. The number of carbonyl (C=O) groups excluding carboxylic acids is 1. The molecule has 0 atom stereocenters. The Bertz CT molecular complexity index is 827. The maximum atomic E-state index is 13.3. The average Bonchev–Trinajstić information content (AvgIpc) is 2.68. The van der Waals surface area contributed by atoms with Gasteiger partial charge in [-0.2, -0.15) is 0 Å². The molecule has 2 aromatic carbocycles. The molecular weight excluding hydrogens is 372 g/mol. The van der Waals surface area contributed by atoms with Crippen LogP contribution < -0.4 is 4.90 Å². The Kier molecular flexibility index (Phi) is 5.61. The van der Waals surface area contributed by atoms with Crippen LogP contribution in [0.3, 0.4) is 0 Å². The van der Waals surface area contributed by atoms with Crippen LogP contribution >= 0.6 is 11.6 Å². The highest BCUT2D eigenvalue weighted by Gasteiger charge is 2.47. The van der Waals surface area contributed by atoms with Crippen molar-refractivity contribution < 1.29 is 9.53 Å². The van der Waals surface area contributed by atoms with Crippen LogP contribution in [-0.2, 0) is 21.5 Å². The highest BCUT2D eigenvalue weighted by Crippen LogP contribution is 2.45. The summed E-state index contributed by atoms with van der Waals surface area (Å²) in [6.45, 7) is 4.04. The van der Waals surface area contributed by atoms with Crippen LogP contribution in [0.4, 0.5) is 5.69 Å². The molecule has 2 aliphatic rings. The third-order valence-corrected chi connectivity index (χ3v) is 6.31. The molecule has 2 fully saturated rings. The summed E-state index contributed by atoms with van der Waals surface area (Å²) < 4.78 is 5.42. The standard InChI is InChI=1S/C23H27ClN2O2/c1-25(17-18-6-8-21(9-7-18)26-12-14-28-15-13-26)22(27)23(10-3-11-23)19-4-2-5-20(24)16-19/h2,4-9,16H,3,10-15,17H2,1H3. The second kappa shape index (κ2) is 8.14. The van der Waals surface area contributed by atoms with Crippen LogP contribution in [0.15, 0.2) is 48.5 Å². The van der Waals surface area contributed by atoms with Gasteiger partial charge in [-0.15, -0.1) is 0 Å². The van der Waals surface area contributed by atoms with Crippen LogP contribution in [-0.4, -0.2) is 44.2 Å². The molecule has 4 nitrogen and oxygen atoms in total. The monoisotopic (exact) mass is 398 g/mol. The second-order valence-electron chi connectivity index (χ2n) is 7.87. The van der Waals surface area contributed by atoms with Gasteiger partial charge >= 0.3 is 0 Å². The Hall–Kier alpha value is -2.04. The third kappa shape index (κ3) is 3.76. The molecule has 2 aromatic rings. The predicted molar refractivity (Wildman–Crippen MR) is 113 cm³/mol. The molecule has 0 N–H and O–H groups in total. The number of hydrogen-bond acceptors (Lipinski definition) is 3. The smallest absolute Gasteiger partial charge is 0.233 e. The van der Waals surface area contributed by atoms with Crippen molar-refractivity contribution in [2.75, 3.05) is 38.3 Å². The van der Waals surface area contributed by atoms with Crippen LogP contribution in [0, 0.1) is 0 Å². The first-order valence-corrected chi connectivity index (χ1v) is 10.4. The molecule has 0 spiro atoms. The molecule has 28 heavy (non-hydrogen) atoms. The number of morpholine rings is 1. The van der Waals surface area contributed by atoms with Crippen molar-refractivity contribution in [2.45, 2.75) is 31.2 Å². The Labute approximate surface area is 172 Å². The SMILES string of the molecule is CN(Cc1ccc(N2CCOCC2)cc1)C(=O)C1(c2cccc(Cl)c2)CCC1. The van der Waals surface area contributed by atoms with E-state index in [1.54, 1.807) is 0 Å². The Morgan fingerprint density at radius 1 is 1.14 bits per heavy atom. The number of anilines is 1. The molecule has 0 aromatic heterocycles. The molecule has 1 aliphatic carbocycles. The van der Waals surface area contributed by atoms with Gasteiger partial charge in [-0.3, -0.25) is 4.79 Å². The van der Waals surface area contributed by atoms with Gasteiger partial charge in [0.2, 0.25) is 5.91 Å². The van der Waals surface area contributed by atoms with Gasteiger partial charge in [-0.05, 0) is 48.2 Å². The van der Waals surface area contributed by atoms with Crippen molar-refractivity contribution >= 4 is 23.2 Å². The first kappa shape index (κ1) is 19.3. The molecule has 1 saturated heterocycles. The van der Waals surface area contributed by atoms with Crippen LogP contribution in [0.25, 0.3) is 0 Å². The van der Waals surface area contributed by atoms with Crippen molar-refractivity contribution in [3.05, 3.63) is 64.7 Å². The molecule has 1 heterocycles. The minimum absolute atomic E-state index is 0.193. The maximum Gasteiger partial charge on any atom is 0.233 e. The second-order valence-corrected chi connectivity index (χ2v) is 8.31. The van der Waals surface area contributed by atoms with E-state index in [2.05, 4.69) is 29.2 Å². The number of halogens is 1. The number of benzene rings is 2. The lowest BCUT2D eigenvalue weighted by atomic mass is 9.63. The average molecular weight is 399 g/mol. The summed E-state index contributed by atoms with van der Waals surface area (Å²) in [6.07, 6.45) is 2.87. The summed E-state index contributed by atoms with van der Waals surface area (Å²) in [5.41, 5.74) is 3.00. The number of hydrogen-bond donors (Lipinski definition) is 0. The van der Waals surface area contributed by atoms with Gasteiger partial charge in [0.25, 0.3) is 0 Å². The summed E-state index contributed by atoms with van der Waals surface area (Å²) in [5, 5.41) is 0.693. The molecule has 4 rings (SSSR count). The van der Waals surface area contributed by atoms with E-state index in [1.807, 2.05) is 36.2 Å². The van der Waals surface area contributed by atoms with Gasteiger partial charge in [-0.25, -0.2) is 0 Å². The van der Waals surface area contributed by atoms with E-state index >= 15 is 0 Å². The quantitative estimate of drug-likeness (QED) is 0.754. The van der Waals surface area contributed by atoms with Crippen molar-refractivity contribution in [3.8, 4) is 0 Å². The van der Waals surface area contributed by atoms with Gasteiger partial charge in [0.05, 0.1) is 18.6 Å².